The second-order valence-corrected chi connectivity index (χ2v) is 6.18. The molecule has 3 rings (SSSR count). The van der Waals surface area contributed by atoms with E-state index in [1.165, 1.54) is 0 Å². The van der Waals surface area contributed by atoms with Gasteiger partial charge in [0.05, 0.1) is 25.0 Å². The highest BCUT2D eigenvalue weighted by Crippen LogP contribution is 2.31. The quantitative estimate of drug-likeness (QED) is 0.648. The van der Waals surface area contributed by atoms with Crippen molar-refractivity contribution in [3.8, 4) is 22.7 Å². The zero-order valence-electron chi connectivity index (χ0n) is 15.9. The second-order valence-electron chi connectivity index (χ2n) is 6.18. The molecule has 0 radical (unpaired) electrons. The number of nitrogens with one attached hydrogen (secondary N) is 1. The van der Waals surface area contributed by atoms with Gasteiger partial charge in [0, 0.05) is 30.6 Å². The summed E-state index contributed by atoms with van der Waals surface area (Å²) < 4.78 is 12.5. The molecule has 0 fully saturated rings. The Morgan fingerprint density at radius 1 is 1.04 bits per heavy atom. The smallest absolute Gasteiger partial charge is 0.253 e. The molecule has 0 aliphatic rings. The van der Waals surface area contributed by atoms with E-state index >= 15 is 0 Å². The summed E-state index contributed by atoms with van der Waals surface area (Å²) in [5.41, 5.74) is 4.46. The fraction of sp³-hybridized carbons (Fsp3) is 0.227. The van der Waals surface area contributed by atoms with Gasteiger partial charge in [0.15, 0.2) is 0 Å². The zero-order valence-corrected chi connectivity index (χ0v) is 15.9. The molecule has 1 N–H and O–H groups in total. The van der Waals surface area contributed by atoms with Crippen LogP contribution in [0.3, 0.4) is 0 Å². The largest absolute Gasteiger partial charge is 0.497 e. The van der Waals surface area contributed by atoms with E-state index in [0.717, 1.165) is 28.4 Å². The molecule has 0 atom stereocenters. The maximum Gasteiger partial charge on any atom is 0.253 e. The number of hydrogen-bond acceptors (Lipinski definition) is 3. The van der Waals surface area contributed by atoms with Gasteiger partial charge >= 0.3 is 0 Å². The highest BCUT2D eigenvalue weighted by atomic mass is 16.5. The third-order valence-corrected chi connectivity index (χ3v) is 4.46. The van der Waals surface area contributed by atoms with Gasteiger partial charge in [-0.15, -0.1) is 0 Å². The Labute approximate surface area is 159 Å². The lowest BCUT2D eigenvalue weighted by atomic mass is 10.1. The standard InChI is InChI=1S/C22H24N2O3/c1-16-20(22(25)23-12-13-26-2)15-21(17-8-7-11-19(14-17)27-3)24(16)18-9-5-4-6-10-18/h4-11,14-15H,12-13H2,1-3H3,(H,23,25). The summed E-state index contributed by atoms with van der Waals surface area (Å²) in [7, 11) is 3.26. The Balaban J connectivity index is 2.10. The zero-order chi connectivity index (χ0) is 19.2. The van der Waals surface area contributed by atoms with Crippen molar-refractivity contribution < 1.29 is 14.3 Å². The van der Waals surface area contributed by atoms with Crippen LogP contribution in [0.2, 0.25) is 0 Å². The number of rotatable bonds is 7. The van der Waals surface area contributed by atoms with Gasteiger partial charge in [-0.2, -0.15) is 0 Å². The second kappa shape index (κ2) is 8.56. The summed E-state index contributed by atoms with van der Waals surface area (Å²) in [5.74, 6) is 0.667. The van der Waals surface area contributed by atoms with Gasteiger partial charge in [-0.1, -0.05) is 30.3 Å². The molecule has 0 bridgehead atoms. The van der Waals surface area contributed by atoms with E-state index in [4.69, 9.17) is 9.47 Å². The molecule has 0 spiro atoms. The van der Waals surface area contributed by atoms with Crippen molar-refractivity contribution in [1.82, 2.24) is 9.88 Å². The van der Waals surface area contributed by atoms with E-state index in [9.17, 15) is 4.79 Å². The lowest BCUT2D eigenvalue weighted by molar-refractivity contribution is 0.0936. The van der Waals surface area contributed by atoms with Crippen molar-refractivity contribution in [3.63, 3.8) is 0 Å². The summed E-state index contributed by atoms with van der Waals surface area (Å²) in [5, 5.41) is 2.90. The first kappa shape index (κ1) is 18.7. The van der Waals surface area contributed by atoms with Gasteiger partial charge < -0.3 is 19.4 Å². The van der Waals surface area contributed by atoms with Crippen molar-refractivity contribution in [2.45, 2.75) is 6.92 Å². The Bertz CT molecular complexity index is 917. The fourth-order valence-corrected chi connectivity index (χ4v) is 3.10. The molecular weight excluding hydrogens is 340 g/mol. The molecule has 27 heavy (non-hydrogen) atoms. The number of amides is 1. The maximum absolute atomic E-state index is 12.7. The molecular formula is C22H24N2O3. The molecule has 0 saturated heterocycles. The number of aromatic nitrogens is 1. The van der Waals surface area contributed by atoms with Crippen LogP contribution in [-0.2, 0) is 4.74 Å². The van der Waals surface area contributed by atoms with Crippen molar-refractivity contribution in [3.05, 3.63) is 71.9 Å². The number of carbonyl (C=O) groups excluding carboxylic acids is 1. The highest BCUT2D eigenvalue weighted by molar-refractivity contribution is 5.97. The third-order valence-electron chi connectivity index (χ3n) is 4.46. The fourth-order valence-electron chi connectivity index (χ4n) is 3.10. The van der Waals surface area contributed by atoms with E-state index in [-0.39, 0.29) is 5.91 Å². The molecule has 1 heterocycles. The molecule has 5 nitrogen and oxygen atoms in total. The van der Waals surface area contributed by atoms with Crippen molar-refractivity contribution in [2.75, 3.05) is 27.4 Å². The minimum Gasteiger partial charge on any atom is -0.497 e. The Kier molecular flexibility index (Phi) is 5.94. The number of nitrogens with zero attached hydrogens (tertiary/aromatic N) is 1. The van der Waals surface area contributed by atoms with Crippen LogP contribution in [0.5, 0.6) is 5.75 Å². The van der Waals surface area contributed by atoms with Crippen LogP contribution in [0.15, 0.2) is 60.7 Å². The topological polar surface area (TPSA) is 52.5 Å². The van der Waals surface area contributed by atoms with E-state index < -0.39 is 0 Å². The third kappa shape index (κ3) is 4.04. The maximum atomic E-state index is 12.7. The highest BCUT2D eigenvalue weighted by Gasteiger charge is 2.19. The molecule has 0 aliphatic carbocycles. The number of benzene rings is 2. The normalized spacial score (nSPS) is 10.6. The van der Waals surface area contributed by atoms with Crippen LogP contribution >= 0.6 is 0 Å². The van der Waals surface area contributed by atoms with Gasteiger partial charge in [0.1, 0.15) is 5.75 Å². The number of ether oxygens (including phenoxy) is 2. The van der Waals surface area contributed by atoms with Crippen molar-refractivity contribution in [2.24, 2.45) is 0 Å². The minimum absolute atomic E-state index is 0.108. The Morgan fingerprint density at radius 3 is 2.52 bits per heavy atom. The number of methoxy groups -OCH3 is 2. The first-order chi connectivity index (χ1) is 13.2. The number of carbonyl (C=O) groups is 1. The van der Waals surface area contributed by atoms with E-state index in [1.807, 2.05) is 67.6 Å². The lowest BCUT2D eigenvalue weighted by Crippen LogP contribution is -2.27. The van der Waals surface area contributed by atoms with Crippen LogP contribution < -0.4 is 10.1 Å². The molecule has 2 aromatic carbocycles. The summed E-state index contributed by atoms with van der Waals surface area (Å²) in [6.45, 7) is 2.91. The number of hydrogen-bond donors (Lipinski definition) is 1. The summed E-state index contributed by atoms with van der Waals surface area (Å²) >= 11 is 0. The van der Waals surface area contributed by atoms with Crippen LogP contribution in [0.1, 0.15) is 16.1 Å². The predicted octanol–water partition coefficient (Wildman–Crippen LogP) is 3.84. The molecule has 1 amide bonds. The molecule has 1 aromatic heterocycles. The average molecular weight is 364 g/mol. The summed E-state index contributed by atoms with van der Waals surface area (Å²) in [6, 6.07) is 19.8. The van der Waals surface area contributed by atoms with Gasteiger partial charge in [0.2, 0.25) is 0 Å². The van der Waals surface area contributed by atoms with Gasteiger partial charge in [0.25, 0.3) is 5.91 Å². The minimum atomic E-state index is -0.108. The molecule has 0 unspecified atom stereocenters. The Morgan fingerprint density at radius 2 is 1.81 bits per heavy atom. The predicted molar refractivity (Wildman–Crippen MR) is 107 cm³/mol. The summed E-state index contributed by atoms with van der Waals surface area (Å²) in [4.78, 5) is 12.7. The van der Waals surface area contributed by atoms with Crippen LogP contribution in [-0.4, -0.2) is 37.8 Å². The van der Waals surface area contributed by atoms with Gasteiger partial charge in [-0.05, 0) is 37.3 Å². The molecule has 3 aromatic rings. The SMILES string of the molecule is COCCNC(=O)c1cc(-c2cccc(OC)c2)n(-c2ccccc2)c1C. The van der Waals surface area contributed by atoms with E-state index in [2.05, 4.69) is 9.88 Å². The molecule has 0 saturated carbocycles. The number of para-hydroxylation sites is 1. The lowest BCUT2D eigenvalue weighted by Gasteiger charge is -2.13. The first-order valence-corrected chi connectivity index (χ1v) is 8.85. The van der Waals surface area contributed by atoms with Gasteiger partial charge in [-0.3, -0.25) is 4.79 Å². The first-order valence-electron chi connectivity index (χ1n) is 8.85. The van der Waals surface area contributed by atoms with E-state index in [1.54, 1.807) is 14.2 Å². The van der Waals surface area contributed by atoms with Crippen LogP contribution in [0, 0.1) is 6.92 Å². The van der Waals surface area contributed by atoms with Crippen molar-refractivity contribution in [1.29, 1.82) is 0 Å². The monoisotopic (exact) mass is 364 g/mol. The van der Waals surface area contributed by atoms with Gasteiger partial charge in [-0.25, -0.2) is 0 Å². The molecule has 140 valence electrons. The van der Waals surface area contributed by atoms with E-state index in [0.29, 0.717) is 18.7 Å². The molecule has 5 heteroatoms. The molecule has 0 aliphatic heterocycles. The van der Waals surface area contributed by atoms with Crippen molar-refractivity contribution >= 4 is 5.91 Å². The Hall–Kier alpha value is -3.05. The van der Waals surface area contributed by atoms with Crippen LogP contribution in [0.25, 0.3) is 16.9 Å². The average Bonchev–Trinajstić information content (AvgIpc) is 3.06. The van der Waals surface area contributed by atoms with Crippen LogP contribution in [0.4, 0.5) is 0 Å². The summed E-state index contributed by atoms with van der Waals surface area (Å²) in [6.07, 6.45) is 0.